The fourth-order valence-electron chi connectivity index (χ4n) is 3.92. The molecule has 2 aliphatic carbocycles. The number of ketones is 1. The summed E-state index contributed by atoms with van der Waals surface area (Å²) in [6.07, 6.45) is 5.40. The van der Waals surface area contributed by atoms with Crippen LogP contribution in [0.4, 0.5) is 4.39 Å². The number of Topliss-reactive ketones (excluding diaryl/α,β-unsaturated/α-hetero) is 1. The number of hydrogen-bond acceptors (Lipinski definition) is 6. The Hall–Kier alpha value is -2.87. The molecule has 0 unspecified atom stereocenters. The summed E-state index contributed by atoms with van der Waals surface area (Å²) in [4.78, 5) is 43.4. The van der Waals surface area contributed by atoms with Gasteiger partial charge in [0.1, 0.15) is 16.9 Å². The van der Waals surface area contributed by atoms with Crippen molar-refractivity contribution in [3.8, 4) is 10.6 Å². The second-order valence-corrected chi connectivity index (χ2v) is 8.78. The summed E-state index contributed by atoms with van der Waals surface area (Å²) in [5.74, 6) is -1.28. The van der Waals surface area contributed by atoms with E-state index in [0.717, 1.165) is 36.6 Å². The van der Waals surface area contributed by atoms with E-state index in [1.165, 1.54) is 17.5 Å². The van der Waals surface area contributed by atoms with Gasteiger partial charge in [-0.25, -0.2) is 14.2 Å². The van der Waals surface area contributed by atoms with Gasteiger partial charge in [-0.15, -0.1) is 11.3 Å². The standard InChI is InChI=1S/C22H19FN2O4S/c1-2-29-22(28)14-10-25(11-6-7-11)21-13(20(14)27)8-15(23)19(24-21)18-9-12-16(26)4-3-5-17(12)30-18/h8-11H,2-7H2,1H3. The lowest BCUT2D eigenvalue weighted by atomic mass is 9.97. The third-order valence-corrected chi connectivity index (χ3v) is 6.75. The Labute approximate surface area is 175 Å². The number of carbonyl (C=O) groups is 2. The van der Waals surface area contributed by atoms with Gasteiger partial charge in [0, 0.05) is 29.1 Å². The van der Waals surface area contributed by atoms with Crippen LogP contribution in [-0.2, 0) is 11.2 Å². The van der Waals surface area contributed by atoms with Crippen LogP contribution in [0.3, 0.4) is 0 Å². The van der Waals surface area contributed by atoms with Crippen molar-refractivity contribution in [3.63, 3.8) is 0 Å². The number of pyridine rings is 2. The quantitative estimate of drug-likeness (QED) is 0.582. The number of esters is 1. The first kappa shape index (κ1) is 19.1. The molecule has 5 rings (SSSR count). The Balaban J connectivity index is 1.71. The van der Waals surface area contributed by atoms with Crippen molar-refractivity contribution in [2.24, 2.45) is 0 Å². The molecule has 0 atom stereocenters. The smallest absolute Gasteiger partial charge is 0.343 e. The number of hydrogen-bond donors (Lipinski definition) is 0. The molecule has 154 valence electrons. The second kappa shape index (κ2) is 7.12. The van der Waals surface area contributed by atoms with Gasteiger partial charge in [-0.2, -0.15) is 0 Å². The molecule has 1 fully saturated rings. The number of rotatable bonds is 4. The fourth-order valence-corrected chi connectivity index (χ4v) is 5.13. The van der Waals surface area contributed by atoms with Gasteiger partial charge in [0.05, 0.1) is 16.9 Å². The molecule has 8 heteroatoms. The molecule has 0 N–H and O–H groups in total. The van der Waals surface area contributed by atoms with Crippen molar-refractivity contribution in [1.82, 2.24) is 9.55 Å². The zero-order valence-corrected chi connectivity index (χ0v) is 17.2. The molecule has 1 saturated carbocycles. The van der Waals surface area contributed by atoms with Crippen LogP contribution in [-0.4, -0.2) is 27.9 Å². The van der Waals surface area contributed by atoms with E-state index in [9.17, 15) is 14.4 Å². The zero-order valence-electron chi connectivity index (χ0n) is 16.4. The van der Waals surface area contributed by atoms with Gasteiger partial charge in [-0.05, 0) is 44.7 Å². The predicted molar refractivity (Wildman–Crippen MR) is 111 cm³/mol. The van der Waals surface area contributed by atoms with E-state index < -0.39 is 17.2 Å². The maximum atomic E-state index is 15.1. The van der Waals surface area contributed by atoms with Crippen LogP contribution in [0.25, 0.3) is 21.6 Å². The average Bonchev–Trinajstić information content (AvgIpc) is 3.47. The normalized spacial score (nSPS) is 16.0. The monoisotopic (exact) mass is 426 g/mol. The summed E-state index contributed by atoms with van der Waals surface area (Å²) in [7, 11) is 0. The molecule has 2 aliphatic rings. The van der Waals surface area contributed by atoms with Gasteiger partial charge in [-0.1, -0.05) is 0 Å². The minimum Gasteiger partial charge on any atom is -0.462 e. The molecule has 3 aromatic rings. The van der Waals surface area contributed by atoms with Gasteiger partial charge in [0.25, 0.3) is 0 Å². The number of aromatic nitrogens is 2. The predicted octanol–water partition coefficient (Wildman–Crippen LogP) is 4.29. The lowest BCUT2D eigenvalue weighted by molar-refractivity contribution is 0.0524. The summed E-state index contributed by atoms with van der Waals surface area (Å²) in [5, 5.41) is 0.0612. The number of halogens is 1. The van der Waals surface area contributed by atoms with Crippen LogP contribution in [0.15, 0.2) is 23.1 Å². The Morgan fingerprint density at radius 1 is 1.30 bits per heavy atom. The summed E-state index contributed by atoms with van der Waals surface area (Å²) in [5.41, 5.74) is 0.443. The number of aryl methyl sites for hydroxylation is 1. The van der Waals surface area contributed by atoms with Crippen molar-refractivity contribution in [3.05, 3.63) is 50.4 Å². The summed E-state index contributed by atoms with van der Waals surface area (Å²) < 4.78 is 21.8. The minimum absolute atomic E-state index is 0.0612. The highest BCUT2D eigenvalue weighted by Gasteiger charge is 2.29. The molecular formula is C22H19FN2O4S. The number of nitrogens with zero attached hydrogens (tertiary/aromatic N) is 2. The van der Waals surface area contributed by atoms with Crippen molar-refractivity contribution < 1.29 is 18.7 Å². The summed E-state index contributed by atoms with van der Waals surface area (Å²) >= 11 is 1.38. The zero-order chi connectivity index (χ0) is 21.0. The number of ether oxygens (including phenoxy) is 1. The average molecular weight is 426 g/mol. The fraction of sp³-hybridized carbons (Fsp3) is 0.364. The Bertz CT molecular complexity index is 1270. The molecule has 3 heterocycles. The lowest BCUT2D eigenvalue weighted by Crippen LogP contribution is -2.21. The topological polar surface area (TPSA) is 78.3 Å². The van der Waals surface area contributed by atoms with Crippen LogP contribution < -0.4 is 5.43 Å². The molecule has 0 bridgehead atoms. The van der Waals surface area contributed by atoms with Gasteiger partial charge < -0.3 is 9.30 Å². The van der Waals surface area contributed by atoms with E-state index in [0.29, 0.717) is 22.5 Å². The molecule has 30 heavy (non-hydrogen) atoms. The van der Waals surface area contributed by atoms with Crippen LogP contribution in [0, 0.1) is 5.82 Å². The third kappa shape index (κ3) is 3.06. The van der Waals surface area contributed by atoms with Gasteiger partial charge in [0.2, 0.25) is 5.43 Å². The van der Waals surface area contributed by atoms with Crippen molar-refractivity contribution in [2.45, 2.75) is 45.1 Å². The Kier molecular flexibility index (Phi) is 4.54. The van der Waals surface area contributed by atoms with E-state index in [-0.39, 0.29) is 35.1 Å². The van der Waals surface area contributed by atoms with Crippen LogP contribution in [0.2, 0.25) is 0 Å². The molecule has 0 amide bonds. The highest BCUT2D eigenvalue weighted by molar-refractivity contribution is 7.15. The molecule has 0 radical (unpaired) electrons. The number of thiophene rings is 1. The number of fused-ring (bicyclic) bond motifs is 2. The van der Waals surface area contributed by atoms with Crippen molar-refractivity contribution >= 4 is 34.1 Å². The molecule has 0 aromatic carbocycles. The third-order valence-electron chi connectivity index (χ3n) is 5.54. The van der Waals surface area contributed by atoms with E-state index in [4.69, 9.17) is 4.74 Å². The van der Waals surface area contributed by atoms with E-state index in [2.05, 4.69) is 4.98 Å². The van der Waals surface area contributed by atoms with Crippen LogP contribution in [0.5, 0.6) is 0 Å². The first-order valence-corrected chi connectivity index (χ1v) is 10.9. The highest BCUT2D eigenvalue weighted by atomic mass is 32.1. The maximum Gasteiger partial charge on any atom is 0.343 e. The van der Waals surface area contributed by atoms with Gasteiger partial charge in [0.15, 0.2) is 11.6 Å². The first-order chi connectivity index (χ1) is 14.5. The summed E-state index contributed by atoms with van der Waals surface area (Å²) in [6.45, 7) is 1.81. The van der Waals surface area contributed by atoms with E-state index >= 15 is 4.39 Å². The SMILES string of the molecule is CCOC(=O)c1cn(C2CC2)c2nc(-c3cc4c(s3)CCCC4=O)c(F)cc2c1=O. The minimum atomic E-state index is -0.715. The van der Waals surface area contributed by atoms with Gasteiger partial charge >= 0.3 is 5.97 Å². The maximum absolute atomic E-state index is 15.1. The van der Waals surface area contributed by atoms with E-state index in [1.807, 2.05) is 0 Å². The largest absolute Gasteiger partial charge is 0.462 e. The Morgan fingerprint density at radius 3 is 2.80 bits per heavy atom. The summed E-state index contributed by atoms with van der Waals surface area (Å²) in [6, 6.07) is 2.98. The molecule has 0 saturated heterocycles. The van der Waals surface area contributed by atoms with E-state index in [1.54, 1.807) is 17.6 Å². The molecule has 0 spiro atoms. The van der Waals surface area contributed by atoms with Crippen molar-refractivity contribution in [2.75, 3.05) is 6.61 Å². The second-order valence-electron chi connectivity index (χ2n) is 7.65. The van der Waals surface area contributed by atoms with Crippen molar-refractivity contribution in [1.29, 1.82) is 0 Å². The first-order valence-electron chi connectivity index (χ1n) is 10.1. The molecular weight excluding hydrogens is 407 g/mol. The Morgan fingerprint density at radius 2 is 2.10 bits per heavy atom. The van der Waals surface area contributed by atoms with Gasteiger partial charge in [-0.3, -0.25) is 9.59 Å². The molecule has 6 nitrogen and oxygen atoms in total. The highest BCUT2D eigenvalue weighted by Crippen LogP contribution is 2.39. The van der Waals surface area contributed by atoms with Crippen LogP contribution in [0.1, 0.15) is 64.2 Å². The number of carbonyl (C=O) groups excluding carboxylic acids is 2. The molecule has 0 aliphatic heterocycles. The lowest BCUT2D eigenvalue weighted by Gasteiger charge is -2.13. The van der Waals surface area contributed by atoms with Crippen LogP contribution >= 0.6 is 11.3 Å². The molecule has 3 aromatic heterocycles.